The topological polar surface area (TPSA) is 58.4 Å². The summed E-state index contributed by atoms with van der Waals surface area (Å²) in [6, 6.07) is 19.8. The minimum atomic E-state index is -0.532. The highest BCUT2D eigenvalue weighted by Crippen LogP contribution is 2.19. The Hall–Kier alpha value is -2.17. The van der Waals surface area contributed by atoms with Gasteiger partial charge in [0.2, 0.25) is 5.91 Å². The molecule has 4 nitrogen and oxygen atoms in total. The van der Waals surface area contributed by atoms with Crippen molar-refractivity contribution in [3.63, 3.8) is 0 Å². The Balaban J connectivity index is 1.98. The summed E-state index contributed by atoms with van der Waals surface area (Å²) in [5, 5.41) is 3.04. The predicted octanol–water partition coefficient (Wildman–Crippen LogP) is 2.76. The molecule has 0 fully saturated rings. The van der Waals surface area contributed by atoms with Gasteiger partial charge in [-0.1, -0.05) is 74.5 Å². The van der Waals surface area contributed by atoms with Crippen LogP contribution in [-0.2, 0) is 11.2 Å². The highest BCUT2D eigenvalue weighted by Gasteiger charge is 2.20. The maximum absolute atomic E-state index is 12.4. The van der Waals surface area contributed by atoms with Crippen LogP contribution in [0.2, 0.25) is 0 Å². The van der Waals surface area contributed by atoms with Crippen molar-refractivity contribution in [3.8, 4) is 0 Å². The SMILES string of the molecule is CCN(CC)C(CNC(=O)[C@@H](N)Cc1ccccc1)c1ccccc1. The molecule has 2 aromatic carbocycles. The second-order valence-corrected chi connectivity index (χ2v) is 6.19. The van der Waals surface area contributed by atoms with Gasteiger partial charge in [-0.05, 0) is 30.6 Å². The predicted molar refractivity (Wildman–Crippen MR) is 103 cm³/mol. The summed E-state index contributed by atoms with van der Waals surface area (Å²) >= 11 is 0. The number of nitrogens with two attached hydrogens (primary N) is 1. The first-order chi connectivity index (χ1) is 12.2. The van der Waals surface area contributed by atoms with E-state index >= 15 is 0 Å². The van der Waals surface area contributed by atoms with E-state index in [1.54, 1.807) is 0 Å². The molecule has 4 heteroatoms. The number of carbonyl (C=O) groups is 1. The molecule has 0 spiro atoms. The molecule has 25 heavy (non-hydrogen) atoms. The van der Waals surface area contributed by atoms with Gasteiger partial charge in [0.25, 0.3) is 0 Å². The smallest absolute Gasteiger partial charge is 0.237 e. The number of benzene rings is 2. The number of carbonyl (C=O) groups excluding carboxylic acids is 1. The van der Waals surface area contributed by atoms with Crippen molar-refractivity contribution in [3.05, 3.63) is 71.8 Å². The fourth-order valence-electron chi connectivity index (χ4n) is 3.09. The fourth-order valence-corrected chi connectivity index (χ4v) is 3.09. The van der Waals surface area contributed by atoms with Gasteiger partial charge < -0.3 is 11.1 Å². The summed E-state index contributed by atoms with van der Waals surface area (Å²) in [6.07, 6.45) is 0.550. The first-order valence-corrected chi connectivity index (χ1v) is 9.01. The third-order valence-electron chi connectivity index (χ3n) is 4.54. The molecule has 134 valence electrons. The Bertz CT molecular complexity index is 626. The lowest BCUT2D eigenvalue weighted by Crippen LogP contribution is -2.45. The number of likely N-dealkylation sites (N-methyl/N-ethyl adjacent to an activating group) is 1. The van der Waals surface area contributed by atoms with Gasteiger partial charge in [0, 0.05) is 6.54 Å². The zero-order valence-corrected chi connectivity index (χ0v) is 15.2. The van der Waals surface area contributed by atoms with Crippen LogP contribution in [0.3, 0.4) is 0 Å². The highest BCUT2D eigenvalue weighted by molar-refractivity contribution is 5.81. The Morgan fingerprint density at radius 1 is 1.00 bits per heavy atom. The summed E-state index contributed by atoms with van der Waals surface area (Å²) in [7, 11) is 0. The molecule has 2 atom stereocenters. The third-order valence-corrected chi connectivity index (χ3v) is 4.54. The van der Waals surface area contributed by atoms with E-state index in [2.05, 4.69) is 36.2 Å². The van der Waals surface area contributed by atoms with E-state index in [1.165, 1.54) is 5.56 Å². The normalized spacial score (nSPS) is 13.4. The molecule has 3 N–H and O–H groups in total. The Morgan fingerprint density at radius 3 is 2.12 bits per heavy atom. The molecule has 2 rings (SSSR count). The lowest BCUT2D eigenvalue weighted by molar-refractivity contribution is -0.122. The van der Waals surface area contributed by atoms with Gasteiger partial charge in [0.1, 0.15) is 0 Å². The maximum Gasteiger partial charge on any atom is 0.237 e. The number of amides is 1. The van der Waals surface area contributed by atoms with Crippen molar-refractivity contribution in [1.29, 1.82) is 0 Å². The zero-order valence-electron chi connectivity index (χ0n) is 15.2. The summed E-state index contributed by atoms with van der Waals surface area (Å²) in [5.74, 6) is -0.100. The van der Waals surface area contributed by atoms with Crippen molar-refractivity contribution in [2.75, 3.05) is 19.6 Å². The number of hydrogen-bond donors (Lipinski definition) is 2. The van der Waals surface area contributed by atoms with Crippen molar-refractivity contribution >= 4 is 5.91 Å². The molecule has 0 aliphatic rings. The molecule has 0 aliphatic carbocycles. The molecule has 0 saturated heterocycles. The first kappa shape index (κ1) is 19.2. The van der Waals surface area contributed by atoms with Crippen molar-refractivity contribution in [1.82, 2.24) is 10.2 Å². The van der Waals surface area contributed by atoms with E-state index in [9.17, 15) is 4.79 Å². The van der Waals surface area contributed by atoms with Crippen LogP contribution in [0.25, 0.3) is 0 Å². The minimum Gasteiger partial charge on any atom is -0.353 e. The molecule has 1 amide bonds. The Labute approximate surface area is 151 Å². The van der Waals surface area contributed by atoms with E-state index < -0.39 is 6.04 Å². The average molecular weight is 339 g/mol. The van der Waals surface area contributed by atoms with Crippen LogP contribution in [0.5, 0.6) is 0 Å². The molecular formula is C21H29N3O. The Morgan fingerprint density at radius 2 is 1.56 bits per heavy atom. The van der Waals surface area contributed by atoms with E-state index in [-0.39, 0.29) is 11.9 Å². The molecule has 0 saturated carbocycles. The van der Waals surface area contributed by atoms with Crippen molar-refractivity contribution in [2.45, 2.75) is 32.4 Å². The van der Waals surface area contributed by atoms with Crippen LogP contribution in [0.1, 0.15) is 31.0 Å². The number of hydrogen-bond acceptors (Lipinski definition) is 3. The van der Waals surface area contributed by atoms with Crippen LogP contribution in [0.15, 0.2) is 60.7 Å². The van der Waals surface area contributed by atoms with E-state index in [0.29, 0.717) is 13.0 Å². The highest BCUT2D eigenvalue weighted by atomic mass is 16.2. The third kappa shape index (κ3) is 5.69. The number of nitrogens with zero attached hydrogens (tertiary/aromatic N) is 1. The number of rotatable bonds is 9. The molecule has 1 unspecified atom stereocenters. The van der Waals surface area contributed by atoms with Gasteiger partial charge in [-0.3, -0.25) is 9.69 Å². The van der Waals surface area contributed by atoms with Crippen LogP contribution in [0, 0.1) is 0 Å². The first-order valence-electron chi connectivity index (χ1n) is 9.01. The van der Waals surface area contributed by atoms with E-state index in [4.69, 9.17) is 5.73 Å². The molecule has 2 aromatic rings. The van der Waals surface area contributed by atoms with Gasteiger partial charge in [0.05, 0.1) is 12.1 Å². The monoisotopic (exact) mass is 339 g/mol. The summed E-state index contributed by atoms with van der Waals surface area (Å²) in [6.45, 7) is 6.71. The second-order valence-electron chi connectivity index (χ2n) is 6.19. The van der Waals surface area contributed by atoms with Crippen LogP contribution >= 0.6 is 0 Å². The molecule has 0 heterocycles. The van der Waals surface area contributed by atoms with Crippen LogP contribution in [-0.4, -0.2) is 36.5 Å². The second kappa shape index (κ2) is 9.97. The lowest BCUT2D eigenvalue weighted by Gasteiger charge is -2.30. The fraction of sp³-hybridized carbons (Fsp3) is 0.381. The maximum atomic E-state index is 12.4. The van der Waals surface area contributed by atoms with Crippen molar-refractivity contribution < 1.29 is 4.79 Å². The lowest BCUT2D eigenvalue weighted by atomic mass is 10.0. The van der Waals surface area contributed by atoms with Gasteiger partial charge in [0.15, 0.2) is 0 Å². The summed E-state index contributed by atoms with van der Waals surface area (Å²) in [4.78, 5) is 14.8. The standard InChI is InChI=1S/C21H29N3O/c1-3-24(4-2)20(18-13-9-6-10-14-18)16-23-21(25)19(22)15-17-11-7-5-8-12-17/h5-14,19-20H,3-4,15-16,22H2,1-2H3,(H,23,25)/t19-,20?/m0/s1. The molecule has 0 bridgehead atoms. The summed E-state index contributed by atoms with van der Waals surface area (Å²) in [5.41, 5.74) is 8.38. The van der Waals surface area contributed by atoms with Crippen LogP contribution < -0.4 is 11.1 Å². The molecular weight excluding hydrogens is 310 g/mol. The summed E-state index contributed by atoms with van der Waals surface area (Å²) < 4.78 is 0. The molecule has 0 aromatic heterocycles. The largest absolute Gasteiger partial charge is 0.353 e. The van der Waals surface area contributed by atoms with E-state index in [1.807, 2.05) is 48.5 Å². The minimum absolute atomic E-state index is 0.100. The van der Waals surface area contributed by atoms with Crippen LogP contribution in [0.4, 0.5) is 0 Å². The molecule has 0 radical (unpaired) electrons. The molecule has 0 aliphatic heterocycles. The van der Waals surface area contributed by atoms with Crippen molar-refractivity contribution in [2.24, 2.45) is 5.73 Å². The van der Waals surface area contributed by atoms with Gasteiger partial charge >= 0.3 is 0 Å². The van der Waals surface area contributed by atoms with E-state index in [0.717, 1.165) is 18.7 Å². The Kier molecular flexibility index (Phi) is 7.64. The van der Waals surface area contributed by atoms with Gasteiger partial charge in [-0.25, -0.2) is 0 Å². The average Bonchev–Trinajstić information content (AvgIpc) is 2.66. The number of nitrogens with one attached hydrogen (secondary N) is 1. The quantitative estimate of drug-likeness (QED) is 0.738. The van der Waals surface area contributed by atoms with Gasteiger partial charge in [-0.2, -0.15) is 0 Å². The zero-order chi connectivity index (χ0) is 18.1. The van der Waals surface area contributed by atoms with Gasteiger partial charge in [-0.15, -0.1) is 0 Å².